The standard InChI is InChI=1S/C23H28BrN/c1-16(22-11-5-7-17-6-2-3-10-23(17)22)25-21-13-12-19(15-21)18-8-4-9-20(24)14-18/h3-5,8-11,14,16-17,19,21,25H,2,6-7,12-13,15H2,1H3/t16-,17?,19-,21+/m1/s1. The van der Waals surface area contributed by atoms with E-state index in [1.807, 2.05) is 0 Å². The Kier molecular flexibility index (Phi) is 5.28. The molecule has 2 heteroatoms. The first-order valence-corrected chi connectivity index (χ1v) is 10.6. The van der Waals surface area contributed by atoms with Crippen molar-refractivity contribution in [1.82, 2.24) is 5.32 Å². The van der Waals surface area contributed by atoms with Gasteiger partial charge in [0.1, 0.15) is 0 Å². The van der Waals surface area contributed by atoms with Gasteiger partial charge in [-0.25, -0.2) is 0 Å². The minimum absolute atomic E-state index is 0.447. The summed E-state index contributed by atoms with van der Waals surface area (Å²) < 4.78 is 1.20. The van der Waals surface area contributed by atoms with Crippen molar-refractivity contribution >= 4 is 15.9 Å². The lowest BCUT2D eigenvalue weighted by Gasteiger charge is -2.30. The molecule has 3 aliphatic carbocycles. The Bertz CT molecular complexity index is 715. The summed E-state index contributed by atoms with van der Waals surface area (Å²) in [6.45, 7) is 2.35. The Hall–Kier alpha value is -1.12. The Balaban J connectivity index is 1.43. The summed E-state index contributed by atoms with van der Waals surface area (Å²) in [5, 5.41) is 3.94. The number of rotatable bonds is 4. The number of halogens is 1. The second-order valence-electron chi connectivity index (χ2n) is 7.88. The van der Waals surface area contributed by atoms with E-state index in [9.17, 15) is 0 Å². The summed E-state index contributed by atoms with van der Waals surface area (Å²) >= 11 is 3.61. The van der Waals surface area contributed by atoms with E-state index in [1.165, 1.54) is 54.1 Å². The smallest absolute Gasteiger partial charge is 0.0297 e. The highest BCUT2D eigenvalue weighted by Gasteiger charge is 2.29. The van der Waals surface area contributed by atoms with Gasteiger partial charge in [0.2, 0.25) is 0 Å². The van der Waals surface area contributed by atoms with Crippen LogP contribution in [0.3, 0.4) is 0 Å². The van der Waals surface area contributed by atoms with E-state index in [0.29, 0.717) is 18.0 Å². The van der Waals surface area contributed by atoms with Crippen molar-refractivity contribution in [1.29, 1.82) is 0 Å². The van der Waals surface area contributed by atoms with Gasteiger partial charge in [0.15, 0.2) is 0 Å². The van der Waals surface area contributed by atoms with Gasteiger partial charge in [-0.15, -0.1) is 0 Å². The van der Waals surface area contributed by atoms with Crippen molar-refractivity contribution in [2.45, 2.75) is 63.5 Å². The molecule has 1 fully saturated rings. The zero-order valence-corrected chi connectivity index (χ0v) is 16.6. The van der Waals surface area contributed by atoms with E-state index in [0.717, 1.165) is 5.92 Å². The van der Waals surface area contributed by atoms with Crippen LogP contribution in [0.4, 0.5) is 0 Å². The number of hydrogen-bond acceptors (Lipinski definition) is 1. The van der Waals surface area contributed by atoms with Crippen LogP contribution in [0.15, 0.2) is 64.2 Å². The van der Waals surface area contributed by atoms with Crippen LogP contribution in [0, 0.1) is 5.92 Å². The molecule has 4 atom stereocenters. The van der Waals surface area contributed by atoms with Gasteiger partial charge in [0.05, 0.1) is 0 Å². The predicted molar refractivity (Wildman–Crippen MR) is 110 cm³/mol. The van der Waals surface area contributed by atoms with E-state index in [-0.39, 0.29) is 0 Å². The van der Waals surface area contributed by atoms with Crippen LogP contribution in [-0.2, 0) is 0 Å². The van der Waals surface area contributed by atoms with Crippen LogP contribution in [0.25, 0.3) is 0 Å². The van der Waals surface area contributed by atoms with Crippen molar-refractivity contribution in [3.05, 3.63) is 69.8 Å². The van der Waals surface area contributed by atoms with E-state index in [2.05, 4.69) is 76.7 Å². The molecule has 3 aliphatic rings. The van der Waals surface area contributed by atoms with Gasteiger partial charge < -0.3 is 5.32 Å². The number of hydrogen-bond donors (Lipinski definition) is 1. The summed E-state index contributed by atoms with van der Waals surface area (Å²) in [5.41, 5.74) is 4.61. The molecule has 1 unspecified atom stereocenters. The van der Waals surface area contributed by atoms with Crippen molar-refractivity contribution < 1.29 is 0 Å². The first-order chi connectivity index (χ1) is 12.2. The van der Waals surface area contributed by atoms with E-state index in [1.54, 1.807) is 5.57 Å². The lowest BCUT2D eigenvalue weighted by Crippen LogP contribution is -2.37. The van der Waals surface area contributed by atoms with Crippen molar-refractivity contribution in [3.8, 4) is 0 Å². The van der Waals surface area contributed by atoms with E-state index >= 15 is 0 Å². The monoisotopic (exact) mass is 397 g/mol. The van der Waals surface area contributed by atoms with Gasteiger partial charge in [-0.1, -0.05) is 52.4 Å². The summed E-state index contributed by atoms with van der Waals surface area (Å²) in [6, 6.07) is 9.94. The maximum atomic E-state index is 3.94. The average Bonchev–Trinajstić information content (AvgIpc) is 3.10. The van der Waals surface area contributed by atoms with Crippen molar-refractivity contribution in [2.24, 2.45) is 5.92 Å². The van der Waals surface area contributed by atoms with Gasteiger partial charge >= 0.3 is 0 Å². The van der Waals surface area contributed by atoms with Crippen LogP contribution >= 0.6 is 15.9 Å². The maximum absolute atomic E-state index is 3.94. The van der Waals surface area contributed by atoms with Gasteiger partial charge in [-0.2, -0.15) is 0 Å². The fourth-order valence-corrected chi connectivity index (χ4v) is 5.28. The molecule has 132 valence electrons. The first kappa shape index (κ1) is 17.3. The molecule has 0 aliphatic heterocycles. The fourth-order valence-electron chi connectivity index (χ4n) is 4.87. The molecule has 1 aromatic rings. The molecule has 0 bridgehead atoms. The third-order valence-electron chi connectivity index (χ3n) is 6.18. The second-order valence-corrected chi connectivity index (χ2v) is 8.79. The lowest BCUT2D eigenvalue weighted by molar-refractivity contribution is 0.471. The maximum Gasteiger partial charge on any atom is 0.0297 e. The van der Waals surface area contributed by atoms with E-state index in [4.69, 9.17) is 0 Å². The van der Waals surface area contributed by atoms with Gasteiger partial charge in [0, 0.05) is 16.6 Å². The highest BCUT2D eigenvalue weighted by Crippen LogP contribution is 2.37. The molecule has 4 rings (SSSR count). The zero-order chi connectivity index (χ0) is 17.2. The second kappa shape index (κ2) is 7.63. The van der Waals surface area contributed by atoms with Crippen LogP contribution in [0.1, 0.15) is 56.9 Å². The number of nitrogens with one attached hydrogen (secondary N) is 1. The van der Waals surface area contributed by atoms with Gasteiger partial charge in [-0.05, 0) is 86.1 Å². The summed E-state index contributed by atoms with van der Waals surface area (Å²) in [6.07, 6.45) is 17.1. The third-order valence-corrected chi connectivity index (χ3v) is 6.67. The number of fused-ring (bicyclic) bond motifs is 1. The quantitative estimate of drug-likeness (QED) is 0.629. The minimum atomic E-state index is 0.447. The molecule has 0 spiro atoms. The summed E-state index contributed by atoms with van der Waals surface area (Å²) in [5.74, 6) is 1.45. The molecule has 0 saturated heterocycles. The molecule has 0 radical (unpaired) electrons. The zero-order valence-electron chi connectivity index (χ0n) is 15.0. The fraction of sp³-hybridized carbons (Fsp3) is 0.478. The Labute approximate surface area is 160 Å². The third kappa shape index (κ3) is 3.85. The number of allylic oxidation sites excluding steroid dienone is 4. The van der Waals surface area contributed by atoms with Crippen molar-refractivity contribution in [2.75, 3.05) is 0 Å². The highest BCUT2D eigenvalue weighted by atomic mass is 79.9. The summed E-state index contributed by atoms with van der Waals surface area (Å²) in [4.78, 5) is 0. The molecule has 25 heavy (non-hydrogen) atoms. The lowest BCUT2D eigenvalue weighted by atomic mass is 9.79. The molecule has 1 saturated carbocycles. The highest BCUT2D eigenvalue weighted by molar-refractivity contribution is 9.10. The van der Waals surface area contributed by atoms with Crippen LogP contribution in [-0.4, -0.2) is 12.1 Å². The van der Waals surface area contributed by atoms with E-state index < -0.39 is 0 Å². The molecule has 1 aromatic carbocycles. The van der Waals surface area contributed by atoms with Crippen LogP contribution < -0.4 is 5.32 Å². The van der Waals surface area contributed by atoms with Crippen molar-refractivity contribution in [3.63, 3.8) is 0 Å². The first-order valence-electron chi connectivity index (χ1n) is 9.79. The molecule has 0 amide bonds. The van der Waals surface area contributed by atoms with Gasteiger partial charge in [0.25, 0.3) is 0 Å². The molecule has 0 heterocycles. The molecule has 0 aromatic heterocycles. The summed E-state index contributed by atoms with van der Waals surface area (Å²) in [7, 11) is 0. The molecular formula is C23H28BrN. The largest absolute Gasteiger partial charge is 0.307 e. The average molecular weight is 398 g/mol. The topological polar surface area (TPSA) is 12.0 Å². The van der Waals surface area contributed by atoms with Crippen LogP contribution in [0.2, 0.25) is 0 Å². The Morgan fingerprint density at radius 1 is 1.08 bits per heavy atom. The van der Waals surface area contributed by atoms with Gasteiger partial charge in [-0.3, -0.25) is 0 Å². The molecule has 1 N–H and O–H groups in total. The Morgan fingerprint density at radius 3 is 2.88 bits per heavy atom. The predicted octanol–water partition coefficient (Wildman–Crippen LogP) is 6.29. The van der Waals surface area contributed by atoms with Crippen LogP contribution in [0.5, 0.6) is 0 Å². The molecule has 1 nitrogen and oxygen atoms in total. The SMILES string of the molecule is C[C@@H](N[C@H]1CC[C@@H](c2cccc(Br)c2)C1)C1=C2C=CCCC2CC=C1. The normalized spacial score (nSPS) is 29.8. The Morgan fingerprint density at radius 2 is 2.00 bits per heavy atom. The molecular weight excluding hydrogens is 370 g/mol. The minimum Gasteiger partial charge on any atom is -0.307 e. The number of benzene rings is 1.